The van der Waals surface area contributed by atoms with Gasteiger partial charge in [0.25, 0.3) is 0 Å². The first-order chi connectivity index (χ1) is 11.7. The molecule has 2 rings (SSSR count). The Bertz CT molecular complexity index is 545. The lowest BCUT2D eigenvalue weighted by molar-refractivity contribution is -0.151. The van der Waals surface area contributed by atoms with E-state index in [2.05, 4.69) is 26.0 Å². The summed E-state index contributed by atoms with van der Waals surface area (Å²) in [6.45, 7) is 12.2. The fraction of sp³-hybridized carbons (Fsp3) is 0.667. The van der Waals surface area contributed by atoms with E-state index in [-0.39, 0.29) is 11.6 Å². The van der Waals surface area contributed by atoms with Crippen molar-refractivity contribution in [3.8, 4) is 5.75 Å². The molecule has 0 heterocycles. The summed E-state index contributed by atoms with van der Waals surface area (Å²) in [5, 5.41) is 0. The Morgan fingerprint density at radius 3 is 2.40 bits per heavy atom. The summed E-state index contributed by atoms with van der Waals surface area (Å²) < 4.78 is 16.2. The van der Waals surface area contributed by atoms with Crippen LogP contribution in [-0.2, 0) is 27.1 Å². The van der Waals surface area contributed by atoms with Crippen molar-refractivity contribution in [2.45, 2.75) is 72.5 Å². The fourth-order valence-electron chi connectivity index (χ4n) is 3.03. The Kier molecular flexibility index (Phi) is 8.43. The highest BCUT2D eigenvalue weighted by atomic mass is 16.6. The van der Waals surface area contributed by atoms with Gasteiger partial charge >= 0.3 is 5.97 Å². The van der Waals surface area contributed by atoms with Crippen LogP contribution in [0.25, 0.3) is 0 Å². The van der Waals surface area contributed by atoms with E-state index in [1.165, 1.54) is 18.1 Å². The van der Waals surface area contributed by atoms with Crippen LogP contribution in [-0.4, -0.2) is 31.4 Å². The van der Waals surface area contributed by atoms with Crippen molar-refractivity contribution in [3.05, 3.63) is 29.3 Å². The average molecular weight is 350 g/mol. The van der Waals surface area contributed by atoms with E-state index in [9.17, 15) is 4.79 Å². The highest BCUT2D eigenvalue weighted by molar-refractivity contribution is 5.66. The Morgan fingerprint density at radius 1 is 1.24 bits per heavy atom. The molecule has 4 heteroatoms. The Hall–Kier alpha value is -1.55. The van der Waals surface area contributed by atoms with Gasteiger partial charge in [-0.2, -0.15) is 0 Å². The van der Waals surface area contributed by atoms with Crippen molar-refractivity contribution in [2.75, 3.05) is 13.7 Å². The van der Waals surface area contributed by atoms with Crippen LogP contribution >= 0.6 is 0 Å². The van der Waals surface area contributed by atoms with Crippen LogP contribution in [0.5, 0.6) is 5.75 Å². The lowest BCUT2D eigenvalue weighted by Gasteiger charge is -2.31. The second kappa shape index (κ2) is 9.81. The molecule has 1 aliphatic carbocycles. The van der Waals surface area contributed by atoms with Crippen LogP contribution in [0, 0.1) is 5.92 Å². The second-order valence-electron chi connectivity index (χ2n) is 7.60. The predicted octanol–water partition coefficient (Wildman–Crippen LogP) is 4.57. The van der Waals surface area contributed by atoms with Gasteiger partial charge in [-0.1, -0.05) is 26.0 Å². The molecule has 0 saturated carbocycles. The van der Waals surface area contributed by atoms with Gasteiger partial charge in [0.05, 0.1) is 13.2 Å². The number of ether oxygens (including phenoxy) is 3. The molecule has 0 N–H and O–H groups in total. The van der Waals surface area contributed by atoms with E-state index in [4.69, 9.17) is 14.2 Å². The molecule has 0 aliphatic heterocycles. The molecule has 4 nitrogen and oxygen atoms in total. The lowest BCUT2D eigenvalue weighted by Crippen LogP contribution is -2.31. The van der Waals surface area contributed by atoms with Crippen LogP contribution in [0.1, 0.15) is 59.1 Å². The van der Waals surface area contributed by atoms with Gasteiger partial charge in [0, 0.05) is 20.0 Å². The normalized spacial score (nSPS) is 19.3. The maximum absolute atomic E-state index is 10.2. The molecule has 0 saturated heterocycles. The van der Waals surface area contributed by atoms with Gasteiger partial charge in [0.15, 0.2) is 0 Å². The zero-order chi connectivity index (χ0) is 19.0. The fourth-order valence-corrected chi connectivity index (χ4v) is 3.03. The van der Waals surface area contributed by atoms with Gasteiger partial charge in [0.2, 0.25) is 0 Å². The van der Waals surface area contributed by atoms with Gasteiger partial charge in [-0.25, -0.2) is 0 Å². The zero-order valence-electron chi connectivity index (χ0n) is 16.8. The molecule has 0 fully saturated rings. The second-order valence-corrected chi connectivity index (χ2v) is 7.60. The number of hydrogen-bond donors (Lipinski definition) is 0. The Balaban J connectivity index is 0.000000333. The number of carbonyl (C=O) groups is 1. The SMILES string of the molecule is CC(=O)OC(C)(C)C.CCCO[C@@H]1Cc2c(cccc2OC)CC1C. The van der Waals surface area contributed by atoms with Crippen LogP contribution in [0.3, 0.4) is 0 Å². The maximum Gasteiger partial charge on any atom is 0.303 e. The van der Waals surface area contributed by atoms with Crippen molar-refractivity contribution in [1.82, 2.24) is 0 Å². The van der Waals surface area contributed by atoms with Gasteiger partial charge in [-0.3, -0.25) is 4.79 Å². The quantitative estimate of drug-likeness (QED) is 0.746. The van der Waals surface area contributed by atoms with Crippen LogP contribution < -0.4 is 4.74 Å². The van der Waals surface area contributed by atoms with Gasteiger partial charge in [-0.05, 0) is 56.7 Å². The molecule has 0 radical (unpaired) electrons. The summed E-state index contributed by atoms with van der Waals surface area (Å²) >= 11 is 0. The summed E-state index contributed by atoms with van der Waals surface area (Å²) in [6.07, 6.45) is 3.52. The number of methoxy groups -OCH3 is 1. The minimum absolute atomic E-state index is 0.225. The molecule has 0 bridgehead atoms. The van der Waals surface area contributed by atoms with E-state index in [0.29, 0.717) is 12.0 Å². The largest absolute Gasteiger partial charge is 0.496 e. The van der Waals surface area contributed by atoms with Gasteiger partial charge in [-0.15, -0.1) is 0 Å². The van der Waals surface area contributed by atoms with E-state index in [1.54, 1.807) is 7.11 Å². The average Bonchev–Trinajstić information content (AvgIpc) is 2.50. The summed E-state index contributed by atoms with van der Waals surface area (Å²) in [5.74, 6) is 1.39. The molecular weight excluding hydrogens is 316 g/mol. The third-order valence-corrected chi connectivity index (χ3v) is 4.02. The van der Waals surface area contributed by atoms with E-state index in [0.717, 1.165) is 31.6 Å². The number of rotatable bonds is 4. The first kappa shape index (κ1) is 21.5. The highest BCUT2D eigenvalue weighted by Gasteiger charge is 2.27. The minimum atomic E-state index is -0.328. The minimum Gasteiger partial charge on any atom is -0.496 e. The monoisotopic (exact) mass is 350 g/mol. The molecular formula is C21H34O4. The molecule has 1 aromatic rings. The van der Waals surface area contributed by atoms with Crippen molar-refractivity contribution in [1.29, 1.82) is 0 Å². The Morgan fingerprint density at radius 2 is 1.92 bits per heavy atom. The van der Waals surface area contributed by atoms with Crippen molar-refractivity contribution >= 4 is 5.97 Å². The number of benzene rings is 1. The van der Waals surface area contributed by atoms with Crippen molar-refractivity contribution < 1.29 is 19.0 Å². The van der Waals surface area contributed by atoms with Crippen LogP contribution in [0.2, 0.25) is 0 Å². The first-order valence-corrected chi connectivity index (χ1v) is 9.13. The summed E-state index contributed by atoms with van der Waals surface area (Å²) in [5.41, 5.74) is 2.44. The van der Waals surface area contributed by atoms with Gasteiger partial charge < -0.3 is 14.2 Å². The molecule has 0 spiro atoms. The van der Waals surface area contributed by atoms with E-state index < -0.39 is 0 Å². The predicted molar refractivity (Wildman–Crippen MR) is 101 cm³/mol. The molecule has 1 unspecified atom stereocenters. The number of carbonyl (C=O) groups excluding carboxylic acids is 1. The maximum atomic E-state index is 10.2. The van der Waals surface area contributed by atoms with Gasteiger partial charge in [0.1, 0.15) is 11.4 Å². The molecule has 25 heavy (non-hydrogen) atoms. The summed E-state index contributed by atoms with van der Waals surface area (Å²) in [7, 11) is 1.75. The van der Waals surface area contributed by atoms with E-state index >= 15 is 0 Å². The first-order valence-electron chi connectivity index (χ1n) is 9.13. The highest BCUT2D eigenvalue weighted by Crippen LogP contribution is 2.33. The number of fused-ring (bicyclic) bond motifs is 1. The molecule has 1 aliphatic rings. The lowest BCUT2D eigenvalue weighted by atomic mass is 9.82. The molecule has 0 aromatic heterocycles. The van der Waals surface area contributed by atoms with E-state index in [1.807, 2.05) is 26.8 Å². The molecule has 1 aromatic carbocycles. The van der Waals surface area contributed by atoms with Crippen LogP contribution in [0.4, 0.5) is 0 Å². The molecule has 0 amide bonds. The van der Waals surface area contributed by atoms with Crippen molar-refractivity contribution in [3.63, 3.8) is 0 Å². The van der Waals surface area contributed by atoms with Crippen LogP contribution in [0.15, 0.2) is 18.2 Å². The number of hydrogen-bond acceptors (Lipinski definition) is 4. The summed E-state index contributed by atoms with van der Waals surface area (Å²) in [6, 6.07) is 6.34. The smallest absolute Gasteiger partial charge is 0.303 e. The molecule has 142 valence electrons. The van der Waals surface area contributed by atoms with Crippen molar-refractivity contribution in [2.24, 2.45) is 5.92 Å². The third-order valence-electron chi connectivity index (χ3n) is 4.02. The molecule has 2 atom stereocenters. The standard InChI is InChI=1S/C15H22O2.C6H12O2/c1-4-8-17-15-10-13-12(9-11(15)2)6-5-7-14(13)16-3;1-5(7)8-6(2,3)4/h5-7,11,15H,4,8-10H2,1-3H3;1-4H3/t11?,15-;/m1./s1. The topological polar surface area (TPSA) is 44.8 Å². The number of esters is 1. The third kappa shape index (κ3) is 7.47. The summed E-state index contributed by atoms with van der Waals surface area (Å²) in [4.78, 5) is 10.2. The zero-order valence-corrected chi connectivity index (χ0v) is 16.8. The Labute approximate surface area is 152 Å².